The van der Waals surface area contributed by atoms with E-state index in [0.29, 0.717) is 0 Å². The molecule has 7 atom stereocenters. The van der Waals surface area contributed by atoms with Crippen LogP contribution in [0.15, 0.2) is 12.7 Å². The molecule has 1 saturated heterocycles. The molecule has 3 rings (SSSR count). The minimum absolute atomic E-state index is 0.0104. The number of alkyl halides is 3. The number of aliphatic hydroxyl groups is 2. The van der Waals surface area contributed by atoms with Gasteiger partial charge in [0.25, 0.3) is 0 Å². The van der Waals surface area contributed by atoms with E-state index >= 15 is 0 Å². The zero-order valence-corrected chi connectivity index (χ0v) is 19.2. The highest BCUT2D eigenvalue weighted by Gasteiger charge is 2.49. The van der Waals surface area contributed by atoms with E-state index in [-0.39, 0.29) is 17.0 Å². The number of anilines is 1. The Morgan fingerprint density at radius 2 is 1.66 bits per heavy atom. The second kappa shape index (κ2) is 9.71. The molecule has 24 heteroatoms. The molecule has 0 aromatic carbocycles. The highest BCUT2D eigenvalue weighted by molar-refractivity contribution is 7.66. The summed E-state index contributed by atoms with van der Waals surface area (Å²) in [6.45, 7) is -1.11. The van der Waals surface area contributed by atoms with E-state index in [1.807, 2.05) is 0 Å². The predicted octanol–water partition coefficient (Wildman–Crippen LogP) is -0.0849. The van der Waals surface area contributed by atoms with E-state index < -0.39 is 61.0 Å². The van der Waals surface area contributed by atoms with Crippen molar-refractivity contribution >= 4 is 40.4 Å². The lowest BCUT2D eigenvalue weighted by Gasteiger charge is -2.20. The van der Waals surface area contributed by atoms with Crippen LogP contribution in [-0.2, 0) is 36.1 Å². The van der Waals surface area contributed by atoms with Crippen molar-refractivity contribution in [2.24, 2.45) is 0 Å². The number of rotatable bonds is 9. The summed E-state index contributed by atoms with van der Waals surface area (Å²) in [4.78, 5) is 39.1. The van der Waals surface area contributed by atoms with Gasteiger partial charge in [-0.25, -0.2) is 28.6 Å². The fraction of sp³-hybridized carbons (Fsp3) is 0.545. The molecular formula is C11H15F3N5O13P3. The maximum absolute atomic E-state index is 12.0. The van der Waals surface area contributed by atoms with Gasteiger partial charge in [0.1, 0.15) is 30.2 Å². The number of ether oxygens (including phenoxy) is 1. The van der Waals surface area contributed by atoms with Gasteiger partial charge in [-0.2, -0.15) is 13.1 Å². The molecule has 2 aromatic rings. The standard InChI is InChI=1S/C11H15F3N5O13P3/c12-11(13,14)30-34(24,25)32-35(26,27)31-33(22,23)28-1-4-6(20)7(21)10(29-4)19-3-18-5-8(15)16-2-17-9(5)19/h2-4,6-7,10,20-21H,1H2,(H,22,23)(H,24,25)(H,26,27)(H2,15,16,17)/t4-,6-,7-,10-/m1/s1. The molecule has 0 bridgehead atoms. The Bertz CT molecular complexity index is 1230. The number of hydrogen-bond acceptors (Lipinski definition) is 14. The van der Waals surface area contributed by atoms with Gasteiger partial charge < -0.3 is 35.4 Å². The minimum Gasteiger partial charge on any atom is -0.387 e. The Hall–Kier alpha value is -1.57. The van der Waals surface area contributed by atoms with Crippen LogP contribution in [-0.4, -0.2) is 75.7 Å². The van der Waals surface area contributed by atoms with E-state index in [1.54, 1.807) is 0 Å². The highest BCUT2D eigenvalue weighted by atomic mass is 31.3. The van der Waals surface area contributed by atoms with Crippen LogP contribution in [0.4, 0.5) is 19.0 Å². The first kappa shape index (κ1) is 28.0. The van der Waals surface area contributed by atoms with Gasteiger partial charge in [0, 0.05) is 0 Å². The van der Waals surface area contributed by atoms with Gasteiger partial charge in [-0.1, -0.05) is 0 Å². The van der Waals surface area contributed by atoms with Gasteiger partial charge in [0.2, 0.25) is 0 Å². The van der Waals surface area contributed by atoms with Crippen molar-refractivity contribution in [1.29, 1.82) is 0 Å². The molecule has 0 spiro atoms. The van der Waals surface area contributed by atoms with Crippen LogP contribution < -0.4 is 5.73 Å². The number of halogens is 3. The lowest BCUT2D eigenvalue weighted by molar-refractivity contribution is -0.281. The third-order valence-corrected chi connectivity index (χ3v) is 8.25. The maximum atomic E-state index is 12.0. The average molecular weight is 575 g/mol. The van der Waals surface area contributed by atoms with Gasteiger partial charge in [0.05, 0.1) is 12.9 Å². The van der Waals surface area contributed by atoms with Crippen molar-refractivity contribution in [2.45, 2.75) is 30.9 Å². The number of aliphatic hydroxyl groups excluding tert-OH is 2. The molecule has 0 radical (unpaired) electrons. The second-order valence-electron chi connectivity index (χ2n) is 6.53. The van der Waals surface area contributed by atoms with Crippen LogP contribution in [0.3, 0.4) is 0 Å². The molecule has 3 unspecified atom stereocenters. The van der Waals surface area contributed by atoms with Crippen LogP contribution in [0, 0.1) is 0 Å². The lowest BCUT2D eigenvalue weighted by Crippen LogP contribution is -2.33. The summed E-state index contributed by atoms with van der Waals surface area (Å²) >= 11 is 0. The molecule has 0 aliphatic carbocycles. The van der Waals surface area contributed by atoms with E-state index in [2.05, 4.69) is 32.6 Å². The first-order valence-electron chi connectivity index (χ1n) is 8.67. The molecule has 3 heterocycles. The summed E-state index contributed by atoms with van der Waals surface area (Å²) in [5.41, 5.74) is 5.86. The van der Waals surface area contributed by atoms with Crippen molar-refractivity contribution in [3.05, 3.63) is 12.7 Å². The van der Waals surface area contributed by atoms with Crippen molar-refractivity contribution in [2.75, 3.05) is 12.3 Å². The molecule has 0 amide bonds. The lowest BCUT2D eigenvalue weighted by atomic mass is 10.1. The Morgan fingerprint density at radius 3 is 2.29 bits per heavy atom. The van der Waals surface area contributed by atoms with Gasteiger partial charge >= 0.3 is 29.8 Å². The number of phosphoric ester groups is 2. The molecule has 35 heavy (non-hydrogen) atoms. The molecule has 1 fully saturated rings. The molecular weight excluding hydrogens is 560 g/mol. The normalized spacial score (nSPS) is 28.5. The number of hydrogen-bond donors (Lipinski definition) is 6. The zero-order valence-electron chi connectivity index (χ0n) is 16.5. The monoisotopic (exact) mass is 575 g/mol. The van der Waals surface area contributed by atoms with Crippen molar-refractivity contribution in [3.8, 4) is 0 Å². The number of fused-ring (bicyclic) bond motifs is 1. The number of phosphoric acid groups is 3. The molecule has 1 aliphatic heterocycles. The highest BCUT2D eigenvalue weighted by Crippen LogP contribution is 2.68. The quantitative estimate of drug-likeness (QED) is 0.213. The molecule has 18 nitrogen and oxygen atoms in total. The minimum atomic E-state index is -6.32. The number of imidazole rings is 1. The van der Waals surface area contributed by atoms with Gasteiger partial charge in [0.15, 0.2) is 17.7 Å². The smallest absolute Gasteiger partial charge is 0.387 e. The number of nitrogens with two attached hydrogens (primary N) is 1. The zero-order chi connectivity index (χ0) is 26.4. The van der Waals surface area contributed by atoms with Crippen LogP contribution in [0.5, 0.6) is 0 Å². The summed E-state index contributed by atoms with van der Waals surface area (Å²) in [6, 6.07) is 0. The second-order valence-corrected chi connectivity index (χ2v) is 11.1. The Morgan fingerprint density at radius 1 is 1.03 bits per heavy atom. The molecule has 0 saturated carbocycles. The van der Waals surface area contributed by atoms with Crippen LogP contribution in [0.2, 0.25) is 0 Å². The third-order valence-electron chi connectivity index (χ3n) is 4.03. The van der Waals surface area contributed by atoms with Crippen molar-refractivity contribution in [1.82, 2.24) is 19.5 Å². The third kappa shape index (κ3) is 7.01. The number of aromatic nitrogens is 4. The predicted molar refractivity (Wildman–Crippen MR) is 100 cm³/mol. The SMILES string of the molecule is Nc1ncnc2c1ncn2[C@@H]1O[C@H](COP(=O)(O)OP(=O)(O)OP(=O)(O)OC(F)(F)F)[C@@H](O)[C@H]1O. The molecule has 198 valence electrons. The topological polar surface area (TPSA) is 268 Å². The van der Waals surface area contributed by atoms with Gasteiger partial charge in [-0.15, -0.1) is 13.2 Å². The van der Waals surface area contributed by atoms with Crippen molar-refractivity contribution in [3.63, 3.8) is 0 Å². The Labute approximate surface area is 190 Å². The Balaban J connectivity index is 1.65. The number of nitrogens with zero attached hydrogens (tertiary/aromatic N) is 4. The molecule has 2 aromatic heterocycles. The summed E-state index contributed by atoms with van der Waals surface area (Å²) in [6.07, 6.45) is -10.0. The first-order valence-corrected chi connectivity index (χ1v) is 13.2. The Kier molecular flexibility index (Phi) is 7.77. The van der Waals surface area contributed by atoms with Gasteiger partial charge in [-0.05, 0) is 0 Å². The summed E-state index contributed by atoms with van der Waals surface area (Å²) in [7, 11) is -18.2. The van der Waals surface area contributed by atoms with E-state index in [1.165, 1.54) is 0 Å². The fourth-order valence-corrected chi connectivity index (χ4v) is 6.16. The van der Waals surface area contributed by atoms with E-state index in [4.69, 9.17) is 15.4 Å². The van der Waals surface area contributed by atoms with Crippen LogP contribution >= 0.6 is 23.5 Å². The van der Waals surface area contributed by atoms with Crippen LogP contribution in [0.25, 0.3) is 11.2 Å². The van der Waals surface area contributed by atoms with Gasteiger partial charge in [-0.3, -0.25) is 9.09 Å². The summed E-state index contributed by atoms with van der Waals surface area (Å²) in [5, 5.41) is 20.4. The molecule has 7 N–H and O–H groups in total. The van der Waals surface area contributed by atoms with E-state index in [0.717, 1.165) is 17.2 Å². The van der Waals surface area contributed by atoms with Crippen molar-refractivity contribution < 1.29 is 74.2 Å². The summed E-state index contributed by atoms with van der Waals surface area (Å²) in [5.74, 6) is -0.0104. The first-order chi connectivity index (χ1) is 15.9. The maximum Gasteiger partial charge on any atom is 0.531 e. The number of nitrogen functional groups attached to an aromatic ring is 1. The van der Waals surface area contributed by atoms with Crippen LogP contribution in [0.1, 0.15) is 6.23 Å². The fourth-order valence-electron chi connectivity index (χ4n) is 2.77. The largest absolute Gasteiger partial charge is 0.531 e. The summed E-state index contributed by atoms with van der Waals surface area (Å²) < 4.78 is 90.9. The average Bonchev–Trinajstić information content (AvgIpc) is 3.19. The molecule has 1 aliphatic rings. The van der Waals surface area contributed by atoms with E-state index in [9.17, 15) is 46.9 Å².